The van der Waals surface area contributed by atoms with E-state index in [9.17, 15) is 38.4 Å². The molecule has 0 fully saturated rings. The molecule has 16 nitrogen and oxygen atoms in total. The average Bonchev–Trinajstić information content (AvgIpc) is 3.51. The monoisotopic (exact) mass is 1350 g/mol. The summed E-state index contributed by atoms with van der Waals surface area (Å²) in [7, 11) is 0. The van der Waals surface area contributed by atoms with Crippen LogP contribution in [0, 0.1) is 0 Å². The zero-order valence-electron chi connectivity index (χ0n) is 45.2. The largest absolute Gasteiger partial charge is 0.484 e. The van der Waals surface area contributed by atoms with Crippen molar-refractivity contribution in [2.75, 3.05) is 52.9 Å². The highest BCUT2D eigenvalue weighted by atomic mass is 35.5. The molecule has 0 N–H and O–H groups in total. The number of benzene rings is 8. The van der Waals surface area contributed by atoms with Crippen molar-refractivity contribution in [3.8, 4) is 124 Å². The van der Waals surface area contributed by atoms with Crippen LogP contribution in [0.15, 0.2) is 158 Å². The molecule has 0 aromatic heterocycles. The molecule has 0 bridgehead atoms. The van der Waals surface area contributed by atoms with Crippen LogP contribution in [0.4, 0.5) is 0 Å². The first-order valence-electron chi connectivity index (χ1n) is 25.7. The molecule has 0 atom stereocenters. The predicted octanol–water partition coefficient (Wildman–Crippen LogP) is 14.5. The van der Waals surface area contributed by atoms with Gasteiger partial charge in [0.25, 0.3) is 41.9 Å². The summed E-state index contributed by atoms with van der Waals surface area (Å²) in [6.07, 6.45) is 0. The Bertz CT molecular complexity index is 4020. The van der Waals surface area contributed by atoms with Gasteiger partial charge in [0.15, 0.2) is 52.9 Å². The normalized spacial score (nSPS) is 10.8. The number of ether oxygens (including phenoxy) is 8. The van der Waals surface area contributed by atoms with Crippen molar-refractivity contribution in [2.45, 2.75) is 0 Å². The van der Waals surface area contributed by atoms with Gasteiger partial charge >= 0.3 is 0 Å². The third-order valence-corrected chi connectivity index (χ3v) is 13.4. The molecule has 0 spiro atoms. The molecular weight excluding hydrogens is 1310 g/mol. The lowest BCUT2D eigenvalue weighted by molar-refractivity contribution is -0.114. The minimum absolute atomic E-state index is 0.140. The number of carbonyl (C=O) groups is 8. The highest BCUT2D eigenvalue weighted by Gasteiger charge is 2.22. The molecule has 0 saturated heterocycles. The maximum Gasteiger partial charge on any atom is 0.259 e. The Kier molecular flexibility index (Phi) is 23.3. The summed E-state index contributed by atoms with van der Waals surface area (Å²) in [5.41, 5.74) is 6.99. The van der Waals surface area contributed by atoms with Gasteiger partial charge in [0.1, 0.15) is 46.0 Å². The van der Waals surface area contributed by atoms with Gasteiger partial charge in [0.05, 0.1) is 0 Å². The van der Waals surface area contributed by atoms with Gasteiger partial charge in [0.2, 0.25) is 0 Å². The Balaban J connectivity index is 1.18. The first kappa shape index (κ1) is 65.8. The Labute approximate surface area is 541 Å². The van der Waals surface area contributed by atoms with E-state index in [2.05, 4.69) is 0 Å². The van der Waals surface area contributed by atoms with Gasteiger partial charge < -0.3 is 37.9 Å². The van der Waals surface area contributed by atoms with E-state index in [1.165, 1.54) is 0 Å². The topological polar surface area (TPSA) is 210 Å². The fraction of sp³-hybridized carbons (Fsp3) is 0.125. The SMILES string of the molecule is O=C(Cl)COc1cccc(-c2ccc(-c3ccc(-c4ccc(-c5ccc(-c6ccc(-c7ccc(-c8cccc(OCC(=O)Cl)c8)c(OCC(=O)Cl)c7)c(OCC(=O)Cl)c6)c(OCC(=O)Cl)c5)c(OCC(=O)Cl)c4)c(OCC(=O)Cl)c3)c(OCC(=O)Cl)c2)c1. The maximum atomic E-state index is 12.3. The van der Waals surface area contributed by atoms with Crippen molar-refractivity contribution in [3.63, 3.8) is 0 Å². The lowest BCUT2D eigenvalue weighted by Gasteiger charge is -2.19. The van der Waals surface area contributed by atoms with E-state index in [0.29, 0.717) is 89.4 Å². The molecule has 450 valence electrons. The van der Waals surface area contributed by atoms with Crippen molar-refractivity contribution < 1.29 is 76.3 Å². The molecule has 0 aliphatic carbocycles. The molecular formula is C64H42Cl8O16. The van der Waals surface area contributed by atoms with E-state index in [-0.39, 0.29) is 47.7 Å². The summed E-state index contributed by atoms with van der Waals surface area (Å²) >= 11 is 45.7. The van der Waals surface area contributed by atoms with Gasteiger partial charge in [-0.25, -0.2) is 0 Å². The summed E-state index contributed by atoms with van der Waals surface area (Å²) in [5.74, 6) is 1.78. The number of carbonyl (C=O) groups excluding carboxylic acids is 8. The van der Waals surface area contributed by atoms with Crippen molar-refractivity contribution in [1.82, 2.24) is 0 Å². The summed E-state index contributed by atoms with van der Waals surface area (Å²) < 4.78 is 46.9. The molecule has 8 aromatic rings. The second kappa shape index (κ2) is 31.1. The number of rotatable bonds is 31. The molecule has 8 aromatic carbocycles. The molecule has 8 rings (SSSR count). The van der Waals surface area contributed by atoms with Crippen LogP contribution in [0.1, 0.15) is 0 Å². The standard InChI is InChI=1S/C64H42Cl8O16/c65-57(73)27-81-43-5-1-3-35(19-43)36-7-13-46(51(21-36)83-29-59(67)75)38-9-15-48(53(23-38)85-31-61(69)77)40-11-17-50(55(25-40)87-33-63(71)79)42-12-18-49(56(26-42)88-34-64(72)80)41-10-16-47(54(24-41)86-32-62(70)78)39-8-14-45(52(22-39)84-30-60(68)76)37-4-2-6-44(20-37)82-28-58(66)74/h1-26H,27-34H2. The molecule has 0 aliphatic heterocycles. The predicted molar refractivity (Wildman–Crippen MR) is 335 cm³/mol. The smallest absolute Gasteiger partial charge is 0.259 e. The Morgan fingerprint density at radius 1 is 0.216 bits per heavy atom. The van der Waals surface area contributed by atoms with Gasteiger partial charge in [0, 0.05) is 33.4 Å². The molecule has 0 unspecified atom stereocenters. The lowest BCUT2D eigenvalue weighted by Crippen LogP contribution is -2.07. The third kappa shape index (κ3) is 18.4. The second-order valence-electron chi connectivity index (χ2n) is 18.5. The van der Waals surface area contributed by atoms with Gasteiger partial charge in [-0.05, 0) is 198 Å². The van der Waals surface area contributed by atoms with Gasteiger partial charge in [-0.1, -0.05) is 97.1 Å². The first-order valence-corrected chi connectivity index (χ1v) is 28.8. The van der Waals surface area contributed by atoms with E-state index in [1.54, 1.807) is 158 Å². The maximum absolute atomic E-state index is 12.3. The second-order valence-corrected chi connectivity index (χ2v) is 21.8. The van der Waals surface area contributed by atoms with E-state index in [0.717, 1.165) is 0 Å². The minimum Gasteiger partial charge on any atom is -0.484 e. The van der Waals surface area contributed by atoms with Crippen molar-refractivity contribution in [2.24, 2.45) is 0 Å². The average molecular weight is 1350 g/mol. The number of hydrogen-bond acceptors (Lipinski definition) is 16. The van der Waals surface area contributed by atoms with E-state index in [4.69, 9.17) is 131 Å². The van der Waals surface area contributed by atoms with Crippen LogP contribution < -0.4 is 37.9 Å². The van der Waals surface area contributed by atoms with Crippen molar-refractivity contribution >= 4 is 135 Å². The van der Waals surface area contributed by atoms with E-state index < -0.39 is 81.6 Å². The quantitative estimate of drug-likeness (QED) is 0.0370. The van der Waals surface area contributed by atoms with Crippen LogP contribution in [0.3, 0.4) is 0 Å². The number of hydrogen-bond donors (Lipinski definition) is 0. The first-order chi connectivity index (χ1) is 42.2. The molecule has 0 radical (unpaired) electrons. The van der Waals surface area contributed by atoms with Crippen LogP contribution in [0.25, 0.3) is 77.9 Å². The zero-order valence-corrected chi connectivity index (χ0v) is 51.3. The van der Waals surface area contributed by atoms with E-state index >= 15 is 0 Å². The molecule has 0 saturated carbocycles. The highest BCUT2D eigenvalue weighted by Crippen LogP contribution is 2.46. The highest BCUT2D eigenvalue weighted by molar-refractivity contribution is 6.66. The Morgan fingerprint density at radius 3 is 0.648 bits per heavy atom. The fourth-order valence-electron chi connectivity index (χ4n) is 8.90. The molecule has 0 heterocycles. The zero-order chi connectivity index (χ0) is 63.0. The van der Waals surface area contributed by atoms with Crippen LogP contribution in [-0.2, 0) is 38.4 Å². The fourth-order valence-corrected chi connectivity index (χ4v) is 9.34. The van der Waals surface area contributed by atoms with Gasteiger partial charge in [-0.3, -0.25) is 38.4 Å². The molecule has 0 aliphatic rings. The van der Waals surface area contributed by atoms with Crippen LogP contribution in [0.2, 0.25) is 0 Å². The Morgan fingerprint density at radius 2 is 0.398 bits per heavy atom. The summed E-state index contributed by atoms with van der Waals surface area (Å²) in [6, 6.07) is 44.0. The van der Waals surface area contributed by atoms with Crippen LogP contribution >= 0.6 is 92.8 Å². The van der Waals surface area contributed by atoms with Crippen molar-refractivity contribution in [3.05, 3.63) is 158 Å². The van der Waals surface area contributed by atoms with Crippen molar-refractivity contribution in [1.29, 1.82) is 0 Å². The Hall–Kier alpha value is -8.16. The molecule has 88 heavy (non-hydrogen) atoms. The lowest BCUT2D eigenvalue weighted by atomic mass is 9.93. The summed E-state index contributed by atoms with van der Waals surface area (Å²) in [6.45, 7) is -3.95. The van der Waals surface area contributed by atoms with Crippen LogP contribution in [-0.4, -0.2) is 94.8 Å². The minimum atomic E-state index is -0.825. The summed E-state index contributed by atoms with van der Waals surface area (Å²) in [5, 5.41) is -6.19. The third-order valence-electron chi connectivity index (χ3n) is 12.5. The van der Waals surface area contributed by atoms with Crippen LogP contribution in [0.5, 0.6) is 46.0 Å². The molecule has 24 heteroatoms. The molecule has 0 amide bonds. The number of halogens is 8. The summed E-state index contributed by atoms with van der Waals surface area (Å²) in [4.78, 5) is 95.6. The van der Waals surface area contributed by atoms with Gasteiger partial charge in [-0.15, -0.1) is 0 Å². The van der Waals surface area contributed by atoms with E-state index in [1.807, 2.05) is 0 Å². The van der Waals surface area contributed by atoms with Gasteiger partial charge in [-0.2, -0.15) is 0 Å².